The molecule has 0 radical (unpaired) electrons. The third-order valence-electron chi connectivity index (χ3n) is 9.14. The number of sulfonamides is 1. The van der Waals surface area contributed by atoms with Crippen molar-refractivity contribution >= 4 is 45.0 Å². The van der Waals surface area contributed by atoms with Gasteiger partial charge in [-0.2, -0.15) is 0 Å². The zero-order valence-corrected chi connectivity index (χ0v) is 27.4. The molecule has 3 heterocycles. The van der Waals surface area contributed by atoms with E-state index >= 15 is 4.79 Å². The molecule has 0 bridgehead atoms. The molecule has 248 valence electrons. The summed E-state index contributed by atoms with van der Waals surface area (Å²) >= 11 is 6.55. The molecular weight excluding hydrogens is 652 g/mol. The van der Waals surface area contributed by atoms with Crippen molar-refractivity contribution in [2.75, 3.05) is 45.3 Å². The van der Waals surface area contributed by atoms with Crippen LogP contribution in [0.3, 0.4) is 0 Å². The van der Waals surface area contributed by atoms with Crippen molar-refractivity contribution < 1.29 is 42.1 Å². The zero-order chi connectivity index (χ0) is 33.9. The normalized spacial score (nSPS) is 24.1. The molecule has 6 rings (SSSR count). The van der Waals surface area contributed by atoms with E-state index in [1.165, 1.54) is 73.6 Å². The van der Waals surface area contributed by atoms with E-state index in [0.29, 0.717) is 29.6 Å². The summed E-state index contributed by atoms with van der Waals surface area (Å²) in [5.74, 6) is -2.52. The Morgan fingerprint density at radius 3 is 2.28 bits per heavy atom. The molecule has 3 aromatic rings. The molecule has 47 heavy (non-hydrogen) atoms. The average Bonchev–Trinajstić information content (AvgIpc) is 3.52. The van der Waals surface area contributed by atoms with E-state index in [1.54, 1.807) is 18.2 Å². The van der Waals surface area contributed by atoms with E-state index in [1.807, 2.05) is 0 Å². The molecule has 2 fully saturated rings. The van der Waals surface area contributed by atoms with E-state index in [4.69, 9.17) is 31.5 Å². The lowest BCUT2D eigenvalue weighted by Gasteiger charge is -2.48. The van der Waals surface area contributed by atoms with Crippen molar-refractivity contribution in [1.29, 1.82) is 0 Å². The quantitative estimate of drug-likeness (QED) is 0.318. The summed E-state index contributed by atoms with van der Waals surface area (Å²) in [5.41, 5.74) is 1.59. The van der Waals surface area contributed by atoms with Crippen LogP contribution >= 0.6 is 11.6 Å². The number of methoxy groups -OCH3 is 3. The highest BCUT2D eigenvalue weighted by Gasteiger charge is 2.70. The van der Waals surface area contributed by atoms with Gasteiger partial charge >= 0.3 is 0 Å². The van der Waals surface area contributed by atoms with Crippen LogP contribution in [0.2, 0.25) is 5.02 Å². The lowest BCUT2D eigenvalue weighted by atomic mass is 9.77. The highest BCUT2D eigenvalue weighted by molar-refractivity contribution is 7.93. The number of nitrogens with two attached hydrogens (primary N) is 1. The van der Waals surface area contributed by atoms with Gasteiger partial charge in [-0.25, -0.2) is 12.7 Å². The van der Waals surface area contributed by atoms with Gasteiger partial charge in [0.2, 0.25) is 5.91 Å². The van der Waals surface area contributed by atoms with Crippen LogP contribution < -0.4 is 24.2 Å². The number of carbonyl (C=O) groups is 3. The largest absolute Gasteiger partial charge is 0.497 e. The van der Waals surface area contributed by atoms with Gasteiger partial charge in [-0.05, 0) is 42.8 Å². The first-order valence-corrected chi connectivity index (χ1v) is 16.5. The number of anilines is 1. The molecule has 0 saturated carbocycles. The SMILES string of the molecule is COc1ccc(S(=O)(=O)N2C(=O)C(c3ccccc3OC)(N3C[C@H](O)C[C@]3(C(N)=O)C(=O)N3CCC3)c3cc(Cl)ccc32)c(OC)c1. The number of amides is 3. The minimum Gasteiger partial charge on any atom is -0.497 e. The summed E-state index contributed by atoms with van der Waals surface area (Å²) < 4.78 is 46.4. The van der Waals surface area contributed by atoms with Gasteiger partial charge in [0.05, 0.1) is 33.1 Å². The van der Waals surface area contributed by atoms with Crippen LogP contribution in [0.5, 0.6) is 17.2 Å². The number of β-amino-alcohol motifs (C(OH)–C–C–N with tert-alkyl or cyclic N) is 1. The van der Waals surface area contributed by atoms with E-state index in [2.05, 4.69) is 0 Å². The van der Waals surface area contributed by atoms with Crippen LogP contribution in [0.1, 0.15) is 24.0 Å². The predicted molar refractivity (Wildman–Crippen MR) is 170 cm³/mol. The standard InChI is InChI=1S/C32H33ClN4O9S/c1-44-21-10-12-27(26(16-21)46-3)47(42,43)37-24-11-9-19(33)15-23(24)32(30(37)41,22-7-4-5-8-25(22)45-2)36-18-20(38)17-31(36,28(34)39)29(40)35-13-6-14-35/h4-5,7-12,15-16,20,38H,6,13-14,17-18H2,1-3H3,(H2,34,39)/t20-,31+,32?/m1/s1. The van der Waals surface area contributed by atoms with Gasteiger partial charge in [0.1, 0.15) is 22.1 Å². The molecule has 13 nitrogen and oxygen atoms in total. The first kappa shape index (κ1) is 32.6. The fourth-order valence-electron chi connectivity index (χ4n) is 6.91. The molecule has 1 unspecified atom stereocenters. The molecule has 0 spiro atoms. The van der Waals surface area contributed by atoms with Gasteiger partial charge in [-0.1, -0.05) is 29.8 Å². The number of nitrogens with zero attached hydrogens (tertiary/aromatic N) is 3. The van der Waals surface area contributed by atoms with Crippen LogP contribution in [-0.4, -0.2) is 93.7 Å². The monoisotopic (exact) mass is 684 g/mol. The second-order valence-electron chi connectivity index (χ2n) is 11.5. The number of hydrogen-bond acceptors (Lipinski definition) is 10. The van der Waals surface area contributed by atoms with Gasteiger partial charge in [0, 0.05) is 48.3 Å². The maximum Gasteiger partial charge on any atom is 0.274 e. The smallest absolute Gasteiger partial charge is 0.274 e. The summed E-state index contributed by atoms with van der Waals surface area (Å²) in [6.45, 7) is 0.277. The van der Waals surface area contributed by atoms with Crippen molar-refractivity contribution in [2.24, 2.45) is 5.73 Å². The van der Waals surface area contributed by atoms with Crippen LogP contribution in [-0.2, 0) is 29.9 Å². The fourth-order valence-corrected chi connectivity index (χ4v) is 8.68. The maximum atomic E-state index is 15.5. The number of carbonyl (C=O) groups excluding carboxylic acids is 3. The molecule has 3 amide bonds. The lowest BCUT2D eigenvalue weighted by Crippen LogP contribution is -2.71. The number of halogens is 1. The third kappa shape index (κ3) is 4.57. The van der Waals surface area contributed by atoms with Gasteiger partial charge < -0.3 is 30.0 Å². The number of benzene rings is 3. The molecule has 3 aliphatic heterocycles. The summed E-state index contributed by atoms with van der Waals surface area (Å²) in [5, 5.41) is 11.3. The molecule has 3 atom stereocenters. The molecule has 0 aliphatic carbocycles. The Bertz CT molecular complexity index is 1900. The minimum atomic E-state index is -4.79. The summed E-state index contributed by atoms with van der Waals surface area (Å²) in [4.78, 5) is 45.8. The first-order valence-electron chi connectivity index (χ1n) is 14.7. The zero-order valence-electron chi connectivity index (χ0n) is 25.8. The van der Waals surface area contributed by atoms with E-state index in [9.17, 15) is 23.1 Å². The number of aliphatic hydroxyl groups excluding tert-OH is 1. The maximum absolute atomic E-state index is 15.5. The Morgan fingerprint density at radius 1 is 0.957 bits per heavy atom. The number of para-hydroxylation sites is 1. The van der Waals surface area contributed by atoms with Crippen molar-refractivity contribution in [3.05, 3.63) is 76.8 Å². The van der Waals surface area contributed by atoms with E-state index in [-0.39, 0.29) is 38.2 Å². The average molecular weight is 685 g/mol. The number of ether oxygens (including phenoxy) is 3. The van der Waals surface area contributed by atoms with Crippen molar-refractivity contribution in [3.63, 3.8) is 0 Å². The van der Waals surface area contributed by atoms with E-state index in [0.717, 1.165) is 0 Å². The molecule has 3 aromatic carbocycles. The molecular formula is C32H33ClN4O9S. The van der Waals surface area contributed by atoms with E-state index < -0.39 is 57.9 Å². The second-order valence-corrected chi connectivity index (χ2v) is 13.7. The van der Waals surface area contributed by atoms with Crippen LogP contribution in [0.15, 0.2) is 65.6 Å². The van der Waals surface area contributed by atoms with Crippen molar-refractivity contribution in [3.8, 4) is 17.2 Å². The highest BCUT2D eigenvalue weighted by atomic mass is 35.5. The number of likely N-dealkylation sites (tertiary alicyclic amines) is 2. The number of primary amides is 1. The second kappa shape index (κ2) is 11.7. The lowest BCUT2D eigenvalue weighted by molar-refractivity contribution is -0.158. The Hall–Kier alpha value is -4.37. The number of fused-ring (bicyclic) bond motifs is 1. The first-order chi connectivity index (χ1) is 22.4. The molecule has 15 heteroatoms. The molecule has 3 N–H and O–H groups in total. The predicted octanol–water partition coefficient (Wildman–Crippen LogP) is 1.87. The van der Waals surface area contributed by atoms with Crippen LogP contribution in [0.4, 0.5) is 5.69 Å². The summed E-state index contributed by atoms with van der Waals surface area (Å²) in [6.07, 6.45) is -1.05. The molecule has 2 saturated heterocycles. The van der Waals surface area contributed by atoms with Gasteiger partial charge in [0.25, 0.3) is 21.8 Å². The summed E-state index contributed by atoms with van der Waals surface area (Å²) in [6, 6.07) is 14.6. The number of rotatable bonds is 9. The highest BCUT2D eigenvalue weighted by Crippen LogP contribution is 2.57. The Balaban J connectivity index is 1.71. The Morgan fingerprint density at radius 2 is 1.66 bits per heavy atom. The Labute approximate surface area is 276 Å². The minimum absolute atomic E-state index is 0.0340. The number of hydrogen-bond donors (Lipinski definition) is 2. The van der Waals surface area contributed by atoms with Crippen molar-refractivity contribution in [2.45, 2.75) is 34.9 Å². The molecule has 3 aliphatic rings. The molecule has 0 aromatic heterocycles. The van der Waals surface area contributed by atoms with Gasteiger partial charge in [0.15, 0.2) is 11.1 Å². The van der Waals surface area contributed by atoms with Crippen LogP contribution in [0, 0.1) is 0 Å². The number of aliphatic hydroxyl groups is 1. The van der Waals surface area contributed by atoms with Crippen molar-refractivity contribution in [1.82, 2.24) is 9.80 Å². The van der Waals surface area contributed by atoms with Crippen LogP contribution in [0.25, 0.3) is 0 Å². The van der Waals surface area contributed by atoms with Gasteiger partial charge in [-0.3, -0.25) is 19.3 Å². The third-order valence-corrected chi connectivity index (χ3v) is 11.1. The fraction of sp³-hybridized carbons (Fsp3) is 0.344. The topological polar surface area (TPSA) is 169 Å². The summed E-state index contributed by atoms with van der Waals surface area (Å²) in [7, 11) is -0.738. The van der Waals surface area contributed by atoms with Gasteiger partial charge in [-0.15, -0.1) is 0 Å². The Kier molecular flexibility index (Phi) is 8.11.